The normalized spacial score (nSPS) is 12.9. The van der Waals surface area contributed by atoms with E-state index < -0.39 is 0 Å². The van der Waals surface area contributed by atoms with Crippen LogP contribution in [0.5, 0.6) is 0 Å². The molecule has 1 rings (SSSR count). The minimum absolute atomic E-state index is 0.476. The predicted molar refractivity (Wildman–Crippen MR) is 84.7 cm³/mol. The van der Waals surface area contributed by atoms with Gasteiger partial charge in [0.2, 0.25) is 0 Å². The Morgan fingerprint density at radius 2 is 1.58 bits per heavy atom. The summed E-state index contributed by atoms with van der Waals surface area (Å²) in [6.07, 6.45) is 1.18. The SMILES string of the molecule is CCNC(CCN(CC)CC)c1cc(C)cc(C)c1. The van der Waals surface area contributed by atoms with Gasteiger partial charge in [-0.05, 0) is 52.0 Å². The van der Waals surface area contributed by atoms with E-state index >= 15 is 0 Å². The Bertz CT molecular complexity index is 349. The van der Waals surface area contributed by atoms with E-state index in [1.807, 2.05) is 0 Å². The van der Waals surface area contributed by atoms with Gasteiger partial charge in [-0.2, -0.15) is 0 Å². The lowest BCUT2D eigenvalue weighted by molar-refractivity contribution is 0.282. The van der Waals surface area contributed by atoms with Gasteiger partial charge in [0, 0.05) is 6.04 Å². The average Bonchev–Trinajstić information content (AvgIpc) is 2.37. The summed E-state index contributed by atoms with van der Waals surface area (Å²) in [7, 11) is 0. The van der Waals surface area contributed by atoms with Crippen LogP contribution >= 0.6 is 0 Å². The lowest BCUT2D eigenvalue weighted by atomic mass is 9.99. The molecule has 2 nitrogen and oxygen atoms in total. The lowest BCUT2D eigenvalue weighted by Gasteiger charge is -2.24. The van der Waals surface area contributed by atoms with Crippen LogP contribution in [0.15, 0.2) is 18.2 Å². The van der Waals surface area contributed by atoms with Crippen molar-refractivity contribution >= 4 is 0 Å². The molecular formula is C17H30N2. The Labute approximate surface area is 119 Å². The molecule has 1 atom stereocenters. The minimum atomic E-state index is 0.476. The summed E-state index contributed by atoms with van der Waals surface area (Å²) in [6, 6.07) is 7.37. The molecule has 0 spiro atoms. The fourth-order valence-electron chi connectivity index (χ4n) is 2.70. The summed E-state index contributed by atoms with van der Waals surface area (Å²) < 4.78 is 0. The van der Waals surface area contributed by atoms with Crippen LogP contribution < -0.4 is 5.32 Å². The highest BCUT2D eigenvalue weighted by molar-refractivity contribution is 5.30. The van der Waals surface area contributed by atoms with Crippen LogP contribution in [0.4, 0.5) is 0 Å². The van der Waals surface area contributed by atoms with Crippen molar-refractivity contribution in [1.29, 1.82) is 0 Å². The summed E-state index contributed by atoms with van der Waals surface area (Å²) in [5.41, 5.74) is 4.16. The molecule has 1 unspecified atom stereocenters. The summed E-state index contributed by atoms with van der Waals surface area (Å²) in [4.78, 5) is 2.49. The van der Waals surface area contributed by atoms with Gasteiger partial charge in [0.05, 0.1) is 0 Å². The van der Waals surface area contributed by atoms with Gasteiger partial charge in [0.25, 0.3) is 0 Å². The standard InChI is InChI=1S/C17H30N2/c1-6-18-17(9-10-19(7-2)8-3)16-12-14(4)11-15(5)13-16/h11-13,17-18H,6-10H2,1-5H3. The third-order valence-corrected chi connectivity index (χ3v) is 3.73. The molecule has 108 valence electrons. The van der Waals surface area contributed by atoms with Crippen LogP contribution in [-0.4, -0.2) is 31.1 Å². The number of benzene rings is 1. The second-order valence-corrected chi connectivity index (χ2v) is 5.35. The van der Waals surface area contributed by atoms with Crippen molar-refractivity contribution in [3.05, 3.63) is 34.9 Å². The first-order valence-electron chi connectivity index (χ1n) is 7.64. The van der Waals surface area contributed by atoms with E-state index in [1.165, 1.54) is 23.1 Å². The first kappa shape index (κ1) is 16.2. The summed E-state index contributed by atoms with van der Waals surface area (Å²) >= 11 is 0. The molecule has 0 saturated carbocycles. The van der Waals surface area contributed by atoms with Crippen LogP contribution in [0, 0.1) is 13.8 Å². The highest BCUT2D eigenvalue weighted by atomic mass is 15.1. The van der Waals surface area contributed by atoms with Gasteiger partial charge in [-0.3, -0.25) is 0 Å². The summed E-state index contributed by atoms with van der Waals surface area (Å²) in [5, 5.41) is 3.63. The highest BCUT2D eigenvalue weighted by Crippen LogP contribution is 2.20. The van der Waals surface area contributed by atoms with E-state index in [9.17, 15) is 0 Å². The quantitative estimate of drug-likeness (QED) is 0.768. The largest absolute Gasteiger partial charge is 0.310 e. The zero-order valence-electron chi connectivity index (χ0n) is 13.3. The van der Waals surface area contributed by atoms with Crippen LogP contribution in [-0.2, 0) is 0 Å². The van der Waals surface area contributed by atoms with Gasteiger partial charge in [-0.25, -0.2) is 0 Å². The van der Waals surface area contributed by atoms with Crippen LogP contribution in [0.25, 0.3) is 0 Å². The first-order valence-corrected chi connectivity index (χ1v) is 7.64. The second kappa shape index (κ2) is 8.34. The van der Waals surface area contributed by atoms with Gasteiger partial charge in [0.15, 0.2) is 0 Å². The monoisotopic (exact) mass is 262 g/mol. The lowest BCUT2D eigenvalue weighted by Crippen LogP contribution is -2.29. The molecule has 1 aromatic rings. The summed E-state index contributed by atoms with van der Waals surface area (Å²) in [5.74, 6) is 0. The van der Waals surface area contributed by atoms with Gasteiger partial charge in [-0.1, -0.05) is 50.1 Å². The Morgan fingerprint density at radius 1 is 1.00 bits per heavy atom. The maximum Gasteiger partial charge on any atom is 0.0332 e. The number of nitrogens with zero attached hydrogens (tertiary/aromatic N) is 1. The van der Waals surface area contributed by atoms with Crippen molar-refractivity contribution in [3.63, 3.8) is 0 Å². The van der Waals surface area contributed by atoms with Crippen molar-refractivity contribution in [2.75, 3.05) is 26.2 Å². The van der Waals surface area contributed by atoms with Gasteiger partial charge in [-0.15, -0.1) is 0 Å². The number of aryl methyl sites for hydroxylation is 2. The first-order chi connectivity index (χ1) is 9.10. The smallest absolute Gasteiger partial charge is 0.0332 e. The van der Waals surface area contributed by atoms with E-state index in [0.29, 0.717) is 6.04 Å². The van der Waals surface area contributed by atoms with Gasteiger partial charge >= 0.3 is 0 Å². The van der Waals surface area contributed by atoms with Crippen molar-refractivity contribution in [2.24, 2.45) is 0 Å². The topological polar surface area (TPSA) is 15.3 Å². The highest BCUT2D eigenvalue weighted by Gasteiger charge is 2.12. The zero-order chi connectivity index (χ0) is 14.3. The molecule has 0 fully saturated rings. The fraction of sp³-hybridized carbons (Fsp3) is 0.647. The second-order valence-electron chi connectivity index (χ2n) is 5.35. The van der Waals surface area contributed by atoms with Crippen molar-refractivity contribution in [1.82, 2.24) is 10.2 Å². The summed E-state index contributed by atoms with van der Waals surface area (Å²) in [6.45, 7) is 15.5. The van der Waals surface area contributed by atoms with Crippen molar-refractivity contribution < 1.29 is 0 Å². The van der Waals surface area contributed by atoms with E-state index in [4.69, 9.17) is 0 Å². The van der Waals surface area contributed by atoms with E-state index in [1.54, 1.807) is 0 Å². The molecule has 0 heterocycles. The third-order valence-electron chi connectivity index (χ3n) is 3.73. The maximum atomic E-state index is 3.63. The Kier molecular flexibility index (Phi) is 7.11. The molecule has 1 N–H and O–H groups in total. The van der Waals surface area contributed by atoms with Crippen LogP contribution in [0.2, 0.25) is 0 Å². The molecule has 0 aliphatic carbocycles. The number of hydrogen-bond acceptors (Lipinski definition) is 2. The van der Waals surface area contributed by atoms with E-state index in [2.05, 4.69) is 63.0 Å². The molecule has 0 aromatic heterocycles. The molecule has 0 bridgehead atoms. The number of rotatable bonds is 8. The van der Waals surface area contributed by atoms with Crippen LogP contribution in [0.3, 0.4) is 0 Å². The molecule has 0 saturated heterocycles. The average molecular weight is 262 g/mol. The fourth-order valence-corrected chi connectivity index (χ4v) is 2.70. The number of nitrogens with one attached hydrogen (secondary N) is 1. The zero-order valence-corrected chi connectivity index (χ0v) is 13.3. The van der Waals surface area contributed by atoms with Crippen molar-refractivity contribution in [2.45, 2.75) is 47.1 Å². The van der Waals surface area contributed by atoms with Crippen molar-refractivity contribution in [3.8, 4) is 0 Å². The maximum absolute atomic E-state index is 3.63. The van der Waals surface area contributed by atoms with Crippen LogP contribution in [0.1, 0.15) is 49.9 Å². The number of hydrogen-bond donors (Lipinski definition) is 1. The molecular weight excluding hydrogens is 232 g/mol. The molecule has 1 aromatic carbocycles. The van der Waals surface area contributed by atoms with Gasteiger partial charge < -0.3 is 10.2 Å². The molecule has 0 amide bonds. The Balaban J connectivity index is 2.75. The third kappa shape index (κ3) is 5.33. The van der Waals surface area contributed by atoms with E-state index in [0.717, 1.165) is 26.2 Å². The molecule has 0 aliphatic rings. The molecule has 19 heavy (non-hydrogen) atoms. The Morgan fingerprint density at radius 3 is 2.05 bits per heavy atom. The Hall–Kier alpha value is -0.860. The van der Waals surface area contributed by atoms with Gasteiger partial charge in [0.1, 0.15) is 0 Å². The predicted octanol–water partition coefficient (Wildman–Crippen LogP) is 3.69. The molecule has 2 heteroatoms. The van der Waals surface area contributed by atoms with E-state index in [-0.39, 0.29) is 0 Å². The minimum Gasteiger partial charge on any atom is -0.310 e. The molecule has 0 aliphatic heterocycles. The molecule has 0 radical (unpaired) electrons.